The standard InChI is InChI=1S/C18H28N4O2.HI/c1-12(2)20-18(19-10-17(23)22(4)5)21-13(3)15-11-24-16-9-7-6-8-14(15)16;/h6-9,12-13,15H,10-11H2,1-5H3,(H2,19,20,21);1H. The molecule has 1 amide bonds. The van der Waals surface area contributed by atoms with Crippen LogP contribution >= 0.6 is 24.0 Å². The number of carbonyl (C=O) groups is 1. The summed E-state index contributed by atoms with van der Waals surface area (Å²) in [7, 11) is 3.46. The van der Waals surface area contributed by atoms with Gasteiger partial charge in [0.15, 0.2) is 5.96 Å². The van der Waals surface area contributed by atoms with Crippen molar-refractivity contribution >= 4 is 35.8 Å². The molecule has 0 bridgehead atoms. The quantitative estimate of drug-likeness (QED) is 0.402. The number of carbonyl (C=O) groups excluding carboxylic acids is 1. The molecule has 7 heteroatoms. The van der Waals surface area contributed by atoms with Crippen molar-refractivity contribution in [2.75, 3.05) is 27.2 Å². The second kappa shape index (κ2) is 9.84. The van der Waals surface area contributed by atoms with E-state index in [9.17, 15) is 4.79 Å². The number of hydrogen-bond donors (Lipinski definition) is 2. The summed E-state index contributed by atoms with van der Waals surface area (Å²) in [6.45, 7) is 6.98. The molecule has 2 rings (SSSR count). The van der Waals surface area contributed by atoms with Crippen LogP contribution in [0.15, 0.2) is 29.3 Å². The van der Waals surface area contributed by atoms with Crippen molar-refractivity contribution < 1.29 is 9.53 Å². The van der Waals surface area contributed by atoms with E-state index in [2.05, 4.69) is 28.6 Å². The van der Waals surface area contributed by atoms with E-state index in [1.54, 1.807) is 19.0 Å². The summed E-state index contributed by atoms with van der Waals surface area (Å²) in [5.41, 5.74) is 1.21. The van der Waals surface area contributed by atoms with Crippen molar-refractivity contribution in [3.8, 4) is 5.75 Å². The number of benzene rings is 1. The Morgan fingerprint density at radius 3 is 2.60 bits per heavy atom. The van der Waals surface area contributed by atoms with Crippen LogP contribution in [0.3, 0.4) is 0 Å². The van der Waals surface area contributed by atoms with Gasteiger partial charge in [0, 0.05) is 37.7 Å². The summed E-state index contributed by atoms with van der Waals surface area (Å²) < 4.78 is 5.76. The number of para-hydroxylation sites is 1. The minimum atomic E-state index is -0.0259. The number of nitrogens with zero attached hydrogens (tertiary/aromatic N) is 2. The molecular weight excluding hydrogens is 431 g/mol. The molecule has 2 N–H and O–H groups in total. The molecule has 6 nitrogen and oxygen atoms in total. The molecule has 0 radical (unpaired) electrons. The Bertz CT molecular complexity index is 604. The van der Waals surface area contributed by atoms with Gasteiger partial charge in [0.2, 0.25) is 5.91 Å². The average Bonchev–Trinajstić information content (AvgIpc) is 2.95. The second-order valence-electron chi connectivity index (χ2n) is 6.64. The van der Waals surface area contributed by atoms with E-state index >= 15 is 0 Å². The van der Waals surface area contributed by atoms with Gasteiger partial charge in [-0.25, -0.2) is 4.99 Å². The van der Waals surface area contributed by atoms with Gasteiger partial charge < -0.3 is 20.3 Å². The lowest BCUT2D eigenvalue weighted by atomic mass is 9.94. The van der Waals surface area contributed by atoms with Gasteiger partial charge >= 0.3 is 0 Å². The Hall–Kier alpha value is -1.51. The summed E-state index contributed by atoms with van der Waals surface area (Å²) in [4.78, 5) is 17.7. The van der Waals surface area contributed by atoms with E-state index in [1.807, 2.05) is 32.0 Å². The van der Waals surface area contributed by atoms with Gasteiger partial charge in [-0.1, -0.05) is 18.2 Å². The van der Waals surface area contributed by atoms with Gasteiger partial charge in [0.1, 0.15) is 12.3 Å². The topological polar surface area (TPSA) is 66.0 Å². The van der Waals surface area contributed by atoms with Crippen molar-refractivity contribution in [1.82, 2.24) is 15.5 Å². The van der Waals surface area contributed by atoms with Crippen LogP contribution in [0.4, 0.5) is 0 Å². The Kier molecular flexibility index (Phi) is 8.47. The Morgan fingerprint density at radius 2 is 1.96 bits per heavy atom. The lowest BCUT2D eigenvalue weighted by molar-refractivity contribution is -0.127. The minimum Gasteiger partial charge on any atom is -0.493 e. The molecule has 0 aromatic heterocycles. The average molecular weight is 460 g/mol. The van der Waals surface area contributed by atoms with Crippen LogP contribution in [-0.2, 0) is 4.79 Å². The molecule has 25 heavy (non-hydrogen) atoms. The molecule has 0 saturated carbocycles. The summed E-state index contributed by atoms with van der Waals surface area (Å²) >= 11 is 0. The minimum absolute atomic E-state index is 0. The van der Waals surface area contributed by atoms with Crippen LogP contribution in [0, 0.1) is 0 Å². The predicted molar refractivity (Wildman–Crippen MR) is 112 cm³/mol. The fourth-order valence-electron chi connectivity index (χ4n) is 2.61. The Morgan fingerprint density at radius 1 is 1.28 bits per heavy atom. The zero-order valence-electron chi connectivity index (χ0n) is 15.6. The van der Waals surface area contributed by atoms with Gasteiger partial charge in [-0.2, -0.15) is 0 Å². The highest BCUT2D eigenvalue weighted by atomic mass is 127. The van der Waals surface area contributed by atoms with Crippen molar-refractivity contribution in [2.24, 2.45) is 4.99 Å². The molecule has 0 fully saturated rings. The lowest BCUT2D eigenvalue weighted by Gasteiger charge is -2.24. The first kappa shape index (κ1) is 21.5. The molecule has 1 aromatic rings. The van der Waals surface area contributed by atoms with E-state index in [1.165, 1.54) is 5.56 Å². The van der Waals surface area contributed by atoms with E-state index in [0.29, 0.717) is 12.6 Å². The maximum atomic E-state index is 11.8. The molecule has 140 valence electrons. The van der Waals surface area contributed by atoms with E-state index in [0.717, 1.165) is 5.75 Å². The van der Waals surface area contributed by atoms with Gasteiger partial charge in [-0.05, 0) is 26.8 Å². The maximum Gasteiger partial charge on any atom is 0.243 e. The molecule has 1 aliphatic rings. The number of amides is 1. The number of rotatable bonds is 5. The number of ether oxygens (including phenoxy) is 1. The van der Waals surface area contributed by atoms with E-state index < -0.39 is 0 Å². The number of hydrogen-bond acceptors (Lipinski definition) is 3. The number of halogens is 1. The largest absolute Gasteiger partial charge is 0.493 e. The molecule has 0 spiro atoms. The molecular formula is C18H29IN4O2. The van der Waals surface area contributed by atoms with Gasteiger partial charge in [-0.15, -0.1) is 24.0 Å². The summed E-state index contributed by atoms with van der Waals surface area (Å²) in [5, 5.41) is 6.69. The van der Waals surface area contributed by atoms with Gasteiger partial charge in [0.05, 0.1) is 6.61 Å². The van der Waals surface area contributed by atoms with Crippen LogP contribution in [0.1, 0.15) is 32.3 Å². The number of likely N-dealkylation sites (N-methyl/N-ethyl adjacent to an activating group) is 1. The Labute approximate surface area is 167 Å². The van der Waals surface area contributed by atoms with Crippen LogP contribution in [0.25, 0.3) is 0 Å². The number of fused-ring (bicyclic) bond motifs is 1. The van der Waals surface area contributed by atoms with Crippen molar-refractivity contribution in [3.63, 3.8) is 0 Å². The number of guanidine groups is 1. The predicted octanol–water partition coefficient (Wildman–Crippen LogP) is 2.20. The van der Waals surface area contributed by atoms with Crippen LogP contribution < -0.4 is 15.4 Å². The first-order valence-electron chi connectivity index (χ1n) is 8.38. The Balaban J connectivity index is 0.00000312. The maximum absolute atomic E-state index is 11.8. The smallest absolute Gasteiger partial charge is 0.243 e. The van der Waals surface area contributed by atoms with Crippen LogP contribution in [0.2, 0.25) is 0 Å². The second-order valence-corrected chi connectivity index (χ2v) is 6.64. The van der Waals surface area contributed by atoms with Gasteiger partial charge in [0.25, 0.3) is 0 Å². The summed E-state index contributed by atoms with van der Waals surface area (Å²) in [6.07, 6.45) is 0. The monoisotopic (exact) mass is 460 g/mol. The van der Waals surface area contributed by atoms with Crippen molar-refractivity contribution in [3.05, 3.63) is 29.8 Å². The molecule has 2 unspecified atom stereocenters. The van der Waals surface area contributed by atoms with E-state index in [4.69, 9.17) is 4.74 Å². The fraction of sp³-hybridized carbons (Fsp3) is 0.556. The van der Waals surface area contributed by atoms with Crippen molar-refractivity contribution in [1.29, 1.82) is 0 Å². The third-order valence-corrected chi connectivity index (χ3v) is 4.00. The molecule has 1 heterocycles. The number of nitrogens with one attached hydrogen (secondary N) is 2. The van der Waals surface area contributed by atoms with Crippen molar-refractivity contribution in [2.45, 2.75) is 38.8 Å². The third kappa shape index (κ3) is 6.05. The summed E-state index contributed by atoms with van der Waals surface area (Å²) in [5.74, 6) is 1.83. The van der Waals surface area contributed by atoms with Crippen LogP contribution in [-0.4, -0.2) is 56.1 Å². The zero-order chi connectivity index (χ0) is 17.7. The molecule has 1 aliphatic heterocycles. The molecule has 0 aliphatic carbocycles. The zero-order valence-corrected chi connectivity index (χ0v) is 17.9. The van der Waals surface area contributed by atoms with E-state index in [-0.39, 0.29) is 54.4 Å². The molecule has 2 atom stereocenters. The van der Waals surface area contributed by atoms with Gasteiger partial charge in [-0.3, -0.25) is 4.79 Å². The highest BCUT2D eigenvalue weighted by Gasteiger charge is 2.29. The fourth-order valence-corrected chi connectivity index (χ4v) is 2.61. The highest BCUT2D eigenvalue weighted by molar-refractivity contribution is 14.0. The molecule has 0 saturated heterocycles. The molecule has 1 aromatic carbocycles. The van der Waals surface area contributed by atoms with Crippen LogP contribution in [0.5, 0.6) is 5.75 Å². The SMILES string of the molecule is CC(C)NC(=NCC(=O)N(C)C)NC(C)C1COc2ccccc21.I. The third-order valence-electron chi connectivity index (χ3n) is 4.00. The lowest BCUT2D eigenvalue weighted by Crippen LogP contribution is -2.47. The normalized spacial score (nSPS) is 17.2. The highest BCUT2D eigenvalue weighted by Crippen LogP contribution is 2.35. The number of aliphatic imine (C=N–C) groups is 1. The first-order chi connectivity index (χ1) is 11.4. The summed E-state index contributed by atoms with van der Waals surface area (Å²) in [6, 6.07) is 8.48. The first-order valence-corrected chi connectivity index (χ1v) is 8.38.